The molecule has 2 fully saturated rings. The summed E-state index contributed by atoms with van der Waals surface area (Å²) in [5.41, 5.74) is 9.00. The fraction of sp³-hybridized carbons (Fsp3) is 0.526. The van der Waals surface area contributed by atoms with Gasteiger partial charge in [-0.15, -0.1) is 36.2 Å². The second-order valence-electron chi connectivity index (χ2n) is 7.03. The Morgan fingerprint density at radius 2 is 1.80 bits per heavy atom. The Hall–Kier alpha value is -0.650. The van der Waals surface area contributed by atoms with E-state index in [0.717, 1.165) is 25.6 Å². The number of rotatable bonds is 4. The Morgan fingerprint density at radius 3 is 2.52 bits per heavy atom. The molecule has 2 aromatic rings. The lowest BCUT2D eigenvalue weighted by Crippen LogP contribution is -2.28. The molecule has 1 aromatic heterocycles. The van der Waals surface area contributed by atoms with Crippen LogP contribution in [0.25, 0.3) is 0 Å². The van der Waals surface area contributed by atoms with Crippen molar-refractivity contribution in [2.24, 2.45) is 5.73 Å². The van der Waals surface area contributed by atoms with Crippen LogP contribution in [-0.2, 0) is 6.54 Å². The molecule has 1 aliphatic heterocycles. The van der Waals surface area contributed by atoms with Gasteiger partial charge in [0, 0.05) is 42.9 Å². The molecule has 2 atom stereocenters. The molecule has 3 nitrogen and oxygen atoms in total. The van der Waals surface area contributed by atoms with Gasteiger partial charge >= 0.3 is 0 Å². The molecule has 2 heterocycles. The Bertz CT molecular complexity index is 643. The minimum Gasteiger partial charge on any atom is -0.326 e. The third-order valence-corrected chi connectivity index (χ3v) is 6.38. The van der Waals surface area contributed by atoms with E-state index in [2.05, 4.69) is 40.6 Å². The van der Waals surface area contributed by atoms with E-state index >= 15 is 0 Å². The van der Waals surface area contributed by atoms with Crippen LogP contribution in [0.2, 0.25) is 0 Å². The average Bonchev–Trinajstić information content (AvgIpc) is 3.29. The van der Waals surface area contributed by atoms with E-state index in [0.29, 0.717) is 5.92 Å². The molecule has 0 bridgehead atoms. The number of halogens is 2. The molecular formula is C19H27Cl2N3S. The van der Waals surface area contributed by atoms with Crippen molar-refractivity contribution in [3.05, 3.63) is 52.0 Å². The number of likely N-dealkylation sites (tertiary alicyclic amines) is 1. The average molecular weight is 400 g/mol. The van der Waals surface area contributed by atoms with Gasteiger partial charge in [-0.05, 0) is 18.4 Å². The number of nitrogens with two attached hydrogens (primary N) is 1. The highest BCUT2D eigenvalue weighted by Crippen LogP contribution is 2.36. The van der Waals surface area contributed by atoms with Crippen molar-refractivity contribution in [2.45, 2.75) is 50.1 Å². The smallest absolute Gasteiger partial charge is 0.0959 e. The van der Waals surface area contributed by atoms with Crippen LogP contribution >= 0.6 is 36.2 Å². The lowest BCUT2D eigenvalue weighted by Gasteiger charge is -2.15. The van der Waals surface area contributed by atoms with E-state index in [-0.39, 0.29) is 30.9 Å². The summed E-state index contributed by atoms with van der Waals surface area (Å²) in [6.07, 6.45) is 5.41. The Labute approximate surface area is 166 Å². The van der Waals surface area contributed by atoms with Gasteiger partial charge in [0.15, 0.2) is 0 Å². The zero-order valence-corrected chi connectivity index (χ0v) is 16.8. The maximum absolute atomic E-state index is 6.40. The van der Waals surface area contributed by atoms with Crippen molar-refractivity contribution in [3.63, 3.8) is 0 Å². The fourth-order valence-electron chi connectivity index (χ4n) is 4.08. The van der Waals surface area contributed by atoms with Crippen molar-refractivity contribution in [2.75, 3.05) is 13.1 Å². The zero-order chi connectivity index (χ0) is 15.6. The molecule has 6 heteroatoms. The second kappa shape index (κ2) is 9.33. The number of thiazole rings is 1. The first-order valence-electron chi connectivity index (χ1n) is 8.77. The van der Waals surface area contributed by atoms with Crippen LogP contribution in [-0.4, -0.2) is 29.0 Å². The number of aromatic nitrogens is 1. The topological polar surface area (TPSA) is 42.1 Å². The molecule has 0 unspecified atom stereocenters. The maximum Gasteiger partial charge on any atom is 0.0959 e. The summed E-state index contributed by atoms with van der Waals surface area (Å²) >= 11 is 1.86. The van der Waals surface area contributed by atoms with Gasteiger partial charge in [-0.2, -0.15) is 0 Å². The molecule has 2 aliphatic rings. The lowest BCUT2D eigenvalue weighted by molar-refractivity contribution is 0.320. The van der Waals surface area contributed by atoms with E-state index < -0.39 is 0 Å². The summed E-state index contributed by atoms with van der Waals surface area (Å²) in [7, 11) is 0. The molecule has 0 radical (unpaired) electrons. The van der Waals surface area contributed by atoms with Crippen LogP contribution in [0, 0.1) is 0 Å². The van der Waals surface area contributed by atoms with Gasteiger partial charge in [0.25, 0.3) is 0 Å². The second-order valence-corrected chi connectivity index (χ2v) is 7.92. The first kappa shape index (κ1) is 20.7. The monoisotopic (exact) mass is 399 g/mol. The predicted molar refractivity (Wildman–Crippen MR) is 110 cm³/mol. The van der Waals surface area contributed by atoms with Crippen molar-refractivity contribution in [3.8, 4) is 0 Å². The molecule has 1 saturated carbocycles. The van der Waals surface area contributed by atoms with Gasteiger partial charge in [0.1, 0.15) is 0 Å². The molecule has 1 aliphatic carbocycles. The molecule has 1 aromatic carbocycles. The number of hydrogen-bond acceptors (Lipinski definition) is 4. The van der Waals surface area contributed by atoms with Crippen LogP contribution in [0.4, 0.5) is 0 Å². The fourth-order valence-corrected chi connectivity index (χ4v) is 5.06. The zero-order valence-electron chi connectivity index (χ0n) is 14.3. The summed E-state index contributed by atoms with van der Waals surface area (Å²) in [5.74, 6) is 1.18. The van der Waals surface area contributed by atoms with Gasteiger partial charge in [0.2, 0.25) is 0 Å². The number of benzene rings is 1. The normalized spacial score (nSPS) is 24.0. The lowest BCUT2D eigenvalue weighted by atomic mass is 9.95. The van der Waals surface area contributed by atoms with Crippen LogP contribution < -0.4 is 5.73 Å². The van der Waals surface area contributed by atoms with E-state index in [1.165, 1.54) is 41.9 Å². The highest BCUT2D eigenvalue weighted by molar-refractivity contribution is 7.09. The van der Waals surface area contributed by atoms with E-state index in [4.69, 9.17) is 10.7 Å². The summed E-state index contributed by atoms with van der Waals surface area (Å²) < 4.78 is 0. The molecule has 0 spiro atoms. The van der Waals surface area contributed by atoms with Crippen LogP contribution in [0.1, 0.15) is 53.8 Å². The molecule has 0 amide bonds. The minimum absolute atomic E-state index is 0. The van der Waals surface area contributed by atoms with E-state index in [1.807, 2.05) is 11.3 Å². The van der Waals surface area contributed by atoms with Crippen LogP contribution in [0.3, 0.4) is 0 Å². The van der Waals surface area contributed by atoms with Gasteiger partial charge in [-0.1, -0.05) is 43.2 Å². The van der Waals surface area contributed by atoms with Crippen LogP contribution in [0.15, 0.2) is 35.7 Å². The summed E-state index contributed by atoms with van der Waals surface area (Å²) in [4.78, 5) is 7.38. The standard InChI is InChI=1S/C19H25N3S.2ClH/c20-18-12-22(11-17(18)14-6-2-1-3-7-14)10-16-13-23-19(21-16)15-8-4-5-9-15;;/h1-3,6-7,13,15,17-18H,4-5,8-12,20H2;2*1H/t17-,18+;;/m0../s1. The van der Waals surface area contributed by atoms with Crippen LogP contribution in [0.5, 0.6) is 0 Å². The minimum atomic E-state index is 0. The largest absolute Gasteiger partial charge is 0.326 e. The Morgan fingerprint density at radius 1 is 1.08 bits per heavy atom. The van der Waals surface area contributed by atoms with E-state index in [1.54, 1.807) is 0 Å². The first-order chi connectivity index (χ1) is 11.3. The molecular weight excluding hydrogens is 373 g/mol. The summed E-state index contributed by atoms with van der Waals surface area (Å²) in [6.45, 7) is 2.96. The van der Waals surface area contributed by atoms with Crippen molar-refractivity contribution >= 4 is 36.2 Å². The third-order valence-electron chi connectivity index (χ3n) is 5.33. The van der Waals surface area contributed by atoms with Gasteiger partial charge in [-0.25, -0.2) is 4.98 Å². The Kier molecular flexibility index (Phi) is 7.71. The molecule has 1 saturated heterocycles. The third kappa shape index (κ3) is 4.75. The Balaban J connectivity index is 0.00000113. The van der Waals surface area contributed by atoms with E-state index in [9.17, 15) is 0 Å². The van der Waals surface area contributed by atoms with Gasteiger partial charge < -0.3 is 5.73 Å². The predicted octanol–water partition coefficient (Wildman–Crippen LogP) is 4.57. The quantitative estimate of drug-likeness (QED) is 0.818. The summed E-state index contributed by atoms with van der Waals surface area (Å²) in [6, 6.07) is 10.9. The highest BCUT2D eigenvalue weighted by atomic mass is 35.5. The molecule has 2 N–H and O–H groups in total. The summed E-state index contributed by atoms with van der Waals surface area (Å²) in [5, 5.41) is 3.62. The van der Waals surface area contributed by atoms with Gasteiger partial charge in [-0.3, -0.25) is 4.90 Å². The SMILES string of the molecule is Cl.Cl.N[C@@H]1CN(Cc2csc(C3CCCC3)n2)C[C@H]1c1ccccc1. The van der Waals surface area contributed by atoms with Crippen molar-refractivity contribution < 1.29 is 0 Å². The highest BCUT2D eigenvalue weighted by Gasteiger charge is 2.31. The molecule has 4 rings (SSSR count). The van der Waals surface area contributed by atoms with Crippen molar-refractivity contribution in [1.29, 1.82) is 0 Å². The molecule has 138 valence electrons. The van der Waals surface area contributed by atoms with Gasteiger partial charge in [0.05, 0.1) is 10.7 Å². The maximum atomic E-state index is 6.40. The number of hydrogen-bond donors (Lipinski definition) is 1. The molecule has 25 heavy (non-hydrogen) atoms. The van der Waals surface area contributed by atoms with Crippen molar-refractivity contribution in [1.82, 2.24) is 9.88 Å². The number of nitrogens with zero attached hydrogens (tertiary/aromatic N) is 2. The first-order valence-corrected chi connectivity index (χ1v) is 9.65.